The molecule has 1 saturated heterocycles. The van der Waals surface area contributed by atoms with Gasteiger partial charge in [-0.25, -0.2) is 0 Å². The van der Waals surface area contributed by atoms with Crippen molar-refractivity contribution in [3.63, 3.8) is 0 Å². The van der Waals surface area contributed by atoms with Crippen LogP contribution in [0.2, 0.25) is 10.0 Å². The maximum atomic E-state index is 13.0. The molecule has 0 atom stereocenters. The van der Waals surface area contributed by atoms with Gasteiger partial charge in [0.2, 0.25) is 0 Å². The smallest absolute Gasteiger partial charge is 0.292 e. The van der Waals surface area contributed by atoms with Gasteiger partial charge in [0.15, 0.2) is 0 Å². The van der Waals surface area contributed by atoms with Crippen molar-refractivity contribution in [2.45, 2.75) is 32.5 Å². The second kappa shape index (κ2) is 6.00. The van der Waals surface area contributed by atoms with Crippen molar-refractivity contribution in [3.05, 3.63) is 27.7 Å². The molecule has 2 aliphatic rings. The van der Waals surface area contributed by atoms with Crippen molar-refractivity contribution in [2.24, 2.45) is 5.92 Å². The van der Waals surface area contributed by atoms with Gasteiger partial charge in [-0.05, 0) is 30.9 Å². The van der Waals surface area contributed by atoms with Crippen LogP contribution in [0.25, 0.3) is 0 Å². The summed E-state index contributed by atoms with van der Waals surface area (Å²) in [5, 5.41) is 0.807. The van der Waals surface area contributed by atoms with Crippen LogP contribution in [0.1, 0.15) is 32.3 Å². The highest BCUT2D eigenvalue weighted by atomic mass is 35.5. The van der Waals surface area contributed by atoms with Crippen LogP contribution in [-0.4, -0.2) is 25.7 Å². The minimum absolute atomic E-state index is 0.202. The highest BCUT2D eigenvalue weighted by Gasteiger charge is 2.55. The number of nitrogens with zero attached hydrogens (tertiary/aromatic N) is 1. The molecule has 0 bridgehead atoms. The highest BCUT2D eigenvalue weighted by Crippen LogP contribution is 2.50. The number of fused-ring (bicyclic) bond motifs is 2. The van der Waals surface area contributed by atoms with Crippen LogP contribution in [0, 0.1) is 5.92 Å². The zero-order valence-corrected chi connectivity index (χ0v) is 14.2. The third-order valence-corrected chi connectivity index (χ3v) is 4.84. The Morgan fingerprint density at radius 2 is 1.95 bits per heavy atom. The normalized spacial score (nSPS) is 20.0. The average Bonchev–Trinajstić information content (AvgIpc) is 2.72. The molecule has 3 rings (SSSR count). The van der Waals surface area contributed by atoms with Gasteiger partial charge >= 0.3 is 0 Å². The Bertz CT molecular complexity index is 597. The summed E-state index contributed by atoms with van der Waals surface area (Å²) in [5.41, 5.74) is 1.29. The van der Waals surface area contributed by atoms with E-state index in [0.29, 0.717) is 47.0 Å². The monoisotopic (exact) mass is 343 g/mol. The minimum atomic E-state index is -1.35. The molecule has 2 aliphatic heterocycles. The molecule has 0 aliphatic carbocycles. The molecule has 2 heterocycles. The van der Waals surface area contributed by atoms with Gasteiger partial charge in [0.1, 0.15) is 0 Å². The summed E-state index contributed by atoms with van der Waals surface area (Å²) in [6, 6.07) is 3.47. The Balaban J connectivity index is 2.08. The fraction of sp³-hybridized carbons (Fsp3) is 0.562. The van der Waals surface area contributed by atoms with Crippen LogP contribution in [0.15, 0.2) is 12.1 Å². The molecule has 0 N–H and O–H groups in total. The summed E-state index contributed by atoms with van der Waals surface area (Å²) in [6.45, 7) is 5.78. The van der Waals surface area contributed by atoms with E-state index in [1.165, 1.54) is 0 Å². The summed E-state index contributed by atoms with van der Waals surface area (Å²) in [7, 11) is 0. The van der Waals surface area contributed by atoms with Gasteiger partial charge in [0.25, 0.3) is 11.7 Å². The molecule has 0 saturated carbocycles. The van der Waals surface area contributed by atoms with Crippen molar-refractivity contribution >= 4 is 34.8 Å². The van der Waals surface area contributed by atoms with E-state index in [4.69, 9.17) is 32.7 Å². The SMILES string of the molecule is CC(C)CCN1C(=O)C2(OCCCO2)c2ccc(Cl)c(Cl)c21. The summed E-state index contributed by atoms with van der Waals surface area (Å²) in [5.74, 6) is -1.08. The van der Waals surface area contributed by atoms with E-state index in [2.05, 4.69) is 13.8 Å². The molecular weight excluding hydrogens is 325 g/mol. The molecule has 1 fully saturated rings. The first-order valence-corrected chi connectivity index (χ1v) is 8.31. The second-order valence-corrected chi connectivity index (χ2v) is 6.85. The molecule has 1 amide bonds. The quantitative estimate of drug-likeness (QED) is 0.833. The Kier molecular flexibility index (Phi) is 4.38. The summed E-state index contributed by atoms with van der Waals surface area (Å²) in [4.78, 5) is 14.7. The lowest BCUT2D eigenvalue weighted by Crippen LogP contribution is -2.47. The van der Waals surface area contributed by atoms with E-state index < -0.39 is 5.79 Å². The van der Waals surface area contributed by atoms with E-state index in [0.717, 1.165) is 12.8 Å². The lowest BCUT2D eigenvalue weighted by molar-refractivity contribution is -0.256. The fourth-order valence-corrected chi connectivity index (χ4v) is 3.30. The van der Waals surface area contributed by atoms with Crippen LogP contribution in [0.4, 0.5) is 5.69 Å². The number of rotatable bonds is 3. The van der Waals surface area contributed by atoms with Crippen molar-refractivity contribution in [1.82, 2.24) is 0 Å². The molecule has 1 aromatic carbocycles. The first kappa shape index (κ1) is 16.1. The molecule has 0 aromatic heterocycles. The van der Waals surface area contributed by atoms with E-state index in [1.54, 1.807) is 17.0 Å². The molecule has 120 valence electrons. The van der Waals surface area contributed by atoms with E-state index in [-0.39, 0.29) is 5.91 Å². The number of amides is 1. The van der Waals surface area contributed by atoms with Crippen molar-refractivity contribution in [1.29, 1.82) is 0 Å². The average molecular weight is 344 g/mol. The number of carbonyl (C=O) groups is 1. The zero-order chi connectivity index (χ0) is 15.9. The molecule has 4 nitrogen and oxygen atoms in total. The third-order valence-electron chi connectivity index (χ3n) is 4.05. The van der Waals surface area contributed by atoms with Gasteiger partial charge < -0.3 is 14.4 Å². The van der Waals surface area contributed by atoms with Crippen LogP contribution in [-0.2, 0) is 20.1 Å². The largest absolute Gasteiger partial charge is 0.338 e. The first-order chi connectivity index (χ1) is 10.5. The second-order valence-electron chi connectivity index (χ2n) is 6.06. The molecule has 0 unspecified atom stereocenters. The minimum Gasteiger partial charge on any atom is -0.338 e. The van der Waals surface area contributed by atoms with Crippen molar-refractivity contribution < 1.29 is 14.3 Å². The van der Waals surface area contributed by atoms with Crippen LogP contribution >= 0.6 is 23.2 Å². The summed E-state index contributed by atoms with van der Waals surface area (Å²) in [6.07, 6.45) is 1.64. The Hall–Kier alpha value is -0.810. The predicted molar refractivity (Wildman–Crippen MR) is 86.5 cm³/mol. The summed E-state index contributed by atoms with van der Waals surface area (Å²) < 4.78 is 11.6. The molecular formula is C16H19Cl2NO3. The summed E-state index contributed by atoms with van der Waals surface area (Å²) >= 11 is 12.5. The van der Waals surface area contributed by atoms with Crippen molar-refractivity contribution in [2.75, 3.05) is 24.7 Å². The number of anilines is 1. The lowest BCUT2D eigenvalue weighted by Gasteiger charge is -2.32. The standard InChI is InChI=1S/C16H19Cl2NO3/c1-10(2)6-7-19-14-11(4-5-12(17)13(14)18)16(15(19)20)21-8-3-9-22-16/h4-5,10H,3,6-9H2,1-2H3. The van der Waals surface area contributed by atoms with Gasteiger partial charge in [-0.2, -0.15) is 0 Å². The highest BCUT2D eigenvalue weighted by molar-refractivity contribution is 6.44. The molecule has 1 aromatic rings. The van der Waals surface area contributed by atoms with Gasteiger partial charge in [-0.15, -0.1) is 0 Å². The first-order valence-electron chi connectivity index (χ1n) is 7.55. The number of halogens is 2. The van der Waals surface area contributed by atoms with Gasteiger partial charge in [-0.3, -0.25) is 4.79 Å². The fourth-order valence-electron chi connectivity index (χ4n) is 2.88. The molecule has 6 heteroatoms. The van der Waals surface area contributed by atoms with Gasteiger partial charge in [0, 0.05) is 12.1 Å². The van der Waals surface area contributed by atoms with Crippen LogP contribution < -0.4 is 4.90 Å². The Labute approximate surface area is 140 Å². The molecule has 22 heavy (non-hydrogen) atoms. The number of benzene rings is 1. The molecule has 1 spiro atoms. The lowest BCUT2D eigenvalue weighted by atomic mass is 10.1. The maximum absolute atomic E-state index is 13.0. The number of hydrogen-bond donors (Lipinski definition) is 0. The van der Waals surface area contributed by atoms with Gasteiger partial charge in [-0.1, -0.05) is 37.0 Å². The van der Waals surface area contributed by atoms with Crippen molar-refractivity contribution in [3.8, 4) is 0 Å². The Morgan fingerprint density at radius 3 is 2.59 bits per heavy atom. The number of hydrogen-bond acceptors (Lipinski definition) is 3. The van der Waals surface area contributed by atoms with E-state index in [1.807, 2.05) is 0 Å². The zero-order valence-electron chi connectivity index (χ0n) is 12.7. The Morgan fingerprint density at radius 1 is 1.27 bits per heavy atom. The number of ether oxygens (including phenoxy) is 2. The van der Waals surface area contributed by atoms with Crippen LogP contribution in [0.5, 0.6) is 0 Å². The number of carbonyl (C=O) groups excluding carboxylic acids is 1. The third kappa shape index (κ3) is 2.42. The van der Waals surface area contributed by atoms with Gasteiger partial charge in [0.05, 0.1) is 28.9 Å². The topological polar surface area (TPSA) is 38.8 Å². The van der Waals surface area contributed by atoms with E-state index in [9.17, 15) is 4.79 Å². The van der Waals surface area contributed by atoms with E-state index >= 15 is 0 Å². The predicted octanol–water partition coefficient (Wildman–Crippen LogP) is 3.98. The maximum Gasteiger partial charge on any atom is 0.292 e. The van der Waals surface area contributed by atoms with Crippen LogP contribution in [0.3, 0.4) is 0 Å². The molecule has 0 radical (unpaired) electrons.